The molecule has 1 aliphatic rings. The van der Waals surface area contributed by atoms with Crippen LogP contribution in [0, 0.1) is 6.92 Å². The maximum atomic E-state index is 4.84. The van der Waals surface area contributed by atoms with Gasteiger partial charge in [-0.2, -0.15) is 0 Å². The third kappa shape index (κ3) is 3.71. The van der Waals surface area contributed by atoms with E-state index in [1.54, 1.807) is 0 Å². The molecule has 1 N–H and O–H groups in total. The number of benzene rings is 3. The van der Waals surface area contributed by atoms with Gasteiger partial charge < -0.3 is 0 Å². The Balaban J connectivity index is 1.80. The van der Waals surface area contributed by atoms with Crippen LogP contribution in [0.4, 0.5) is 0 Å². The standard InChI is InChI=1S/C31H30N2/c1-3-21-30(29-16-10-11-22-32-29)23-28(25-19-17-24(2)18-20-25)31(33-30,26-12-6-4-7-13-26)27-14-8-5-9-15-27/h3-20,22,28,33H,1,21,23H2,2H3/t28-,30+/m1/s1. The van der Waals surface area contributed by atoms with Gasteiger partial charge in [0.25, 0.3) is 0 Å². The van der Waals surface area contributed by atoms with Gasteiger partial charge in [-0.15, -0.1) is 6.58 Å². The molecule has 164 valence electrons. The van der Waals surface area contributed by atoms with Crippen LogP contribution in [-0.2, 0) is 11.1 Å². The van der Waals surface area contributed by atoms with E-state index in [9.17, 15) is 0 Å². The summed E-state index contributed by atoms with van der Waals surface area (Å²) in [6, 6.07) is 37.0. The van der Waals surface area contributed by atoms with E-state index in [4.69, 9.17) is 4.98 Å². The minimum Gasteiger partial charge on any atom is -0.292 e. The van der Waals surface area contributed by atoms with Gasteiger partial charge >= 0.3 is 0 Å². The summed E-state index contributed by atoms with van der Waals surface area (Å²) in [7, 11) is 0. The monoisotopic (exact) mass is 430 g/mol. The fourth-order valence-electron chi connectivity index (χ4n) is 5.60. The van der Waals surface area contributed by atoms with Crippen molar-refractivity contribution in [2.45, 2.75) is 36.8 Å². The van der Waals surface area contributed by atoms with Crippen molar-refractivity contribution in [2.75, 3.05) is 0 Å². The van der Waals surface area contributed by atoms with Gasteiger partial charge in [0.15, 0.2) is 0 Å². The van der Waals surface area contributed by atoms with E-state index in [1.165, 1.54) is 22.3 Å². The van der Waals surface area contributed by atoms with Gasteiger partial charge in [0.2, 0.25) is 0 Å². The summed E-state index contributed by atoms with van der Waals surface area (Å²) in [5.41, 5.74) is 5.48. The van der Waals surface area contributed by atoms with Crippen LogP contribution in [0.15, 0.2) is 122 Å². The van der Waals surface area contributed by atoms with Gasteiger partial charge in [-0.05, 0) is 48.6 Å². The molecule has 2 nitrogen and oxygen atoms in total. The first kappa shape index (κ1) is 21.4. The van der Waals surface area contributed by atoms with Gasteiger partial charge in [0.05, 0.1) is 16.8 Å². The van der Waals surface area contributed by atoms with E-state index in [0.717, 1.165) is 18.5 Å². The Morgan fingerprint density at radius 3 is 2.00 bits per heavy atom. The molecule has 0 spiro atoms. The largest absolute Gasteiger partial charge is 0.292 e. The van der Waals surface area contributed by atoms with Crippen LogP contribution in [-0.4, -0.2) is 4.98 Å². The molecule has 1 saturated heterocycles. The molecule has 33 heavy (non-hydrogen) atoms. The highest BCUT2D eigenvalue weighted by molar-refractivity contribution is 5.48. The molecule has 1 fully saturated rings. The molecule has 1 aliphatic heterocycles. The first-order chi connectivity index (χ1) is 16.2. The quantitative estimate of drug-likeness (QED) is 0.337. The van der Waals surface area contributed by atoms with Crippen molar-refractivity contribution < 1.29 is 0 Å². The fourth-order valence-corrected chi connectivity index (χ4v) is 5.60. The van der Waals surface area contributed by atoms with Gasteiger partial charge in [-0.1, -0.05) is 103 Å². The molecule has 4 aromatic rings. The van der Waals surface area contributed by atoms with Crippen molar-refractivity contribution >= 4 is 0 Å². The SMILES string of the molecule is C=CC[C@@]1(c2ccccn2)C[C@H](c2ccc(C)cc2)C(c2ccccc2)(c2ccccc2)N1. The van der Waals surface area contributed by atoms with E-state index in [-0.39, 0.29) is 11.5 Å². The third-order valence-corrected chi connectivity index (χ3v) is 7.10. The molecule has 1 aromatic heterocycles. The summed E-state index contributed by atoms with van der Waals surface area (Å²) in [5, 5.41) is 4.20. The van der Waals surface area contributed by atoms with Crippen molar-refractivity contribution in [3.05, 3.63) is 150 Å². The third-order valence-electron chi connectivity index (χ3n) is 7.10. The molecule has 0 aliphatic carbocycles. The van der Waals surface area contributed by atoms with Crippen LogP contribution in [0.5, 0.6) is 0 Å². The summed E-state index contributed by atoms with van der Waals surface area (Å²) < 4.78 is 0. The van der Waals surface area contributed by atoms with Gasteiger partial charge in [-0.3, -0.25) is 10.3 Å². The summed E-state index contributed by atoms with van der Waals surface area (Å²) >= 11 is 0. The molecule has 2 heterocycles. The van der Waals surface area contributed by atoms with Crippen molar-refractivity contribution in [3.8, 4) is 0 Å². The zero-order chi connectivity index (χ0) is 22.7. The average Bonchev–Trinajstić information content (AvgIpc) is 3.24. The number of hydrogen-bond donors (Lipinski definition) is 1. The maximum absolute atomic E-state index is 4.84. The number of pyridine rings is 1. The first-order valence-electron chi connectivity index (χ1n) is 11.7. The highest BCUT2D eigenvalue weighted by Gasteiger charge is 2.56. The Hall–Kier alpha value is -3.49. The Labute approximate surface area is 197 Å². The second-order valence-corrected chi connectivity index (χ2v) is 9.12. The lowest BCUT2D eigenvalue weighted by atomic mass is 9.71. The van der Waals surface area contributed by atoms with E-state index >= 15 is 0 Å². The predicted octanol–water partition coefficient (Wildman–Crippen LogP) is 6.88. The number of nitrogens with zero attached hydrogens (tertiary/aromatic N) is 1. The summed E-state index contributed by atoms with van der Waals surface area (Å²) in [6.07, 6.45) is 5.64. The topological polar surface area (TPSA) is 24.9 Å². The molecule has 5 rings (SSSR count). The van der Waals surface area contributed by atoms with Crippen molar-refractivity contribution in [2.24, 2.45) is 0 Å². The average molecular weight is 431 g/mol. The Bertz CT molecular complexity index is 1160. The number of aromatic nitrogens is 1. The van der Waals surface area contributed by atoms with E-state index < -0.39 is 5.54 Å². The molecular formula is C31H30N2. The molecule has 0 bridgehead atoms. The van der Waals surface area contributed by atoms with E-state index in [1.807, 2.05) is 18.3 Å². The smallest absolute Gasteiger partial charge is 0.0768 e. The molecule has 0 radical (unpaired) electrons. The van der Waals surface area contributed by atoms with Crippen molar-refractivity contribution in [3.63, 3.8) is 0 Å². The van der Waals surface area contributed by atoms with Crippen molar-refractivity contribution in [1.82, 2.24) is 10.3 Å². The predicted molar refractivity (Wildman–Crippen MR) is 136 cm³/mol. The van der Waals surface area contributed by atoms with Crippen molar-refractivity contribution in [1.29, 1.82) is 0 Å². The zero-order valence-electron chi connectivity index (χ0n) is 19.1. The van der Waals surface area contributed by atoms with Gasteiger partial charge in [0.1, 0.15) is 0 Å². The lowest BCUT2D eigenvalue weighted by Gasteiger charge is -2.39. The molecule has 0 saturated carbocycles. The van der Waals surface area contributed by atoms with Gasteiger partial charge in [0, 0.05) is 12.1 Å². The van der Waals surface area contributed by atoms with Crippen LogP contribution in [0.2, 0.25) is 0 Å². The lowest BCUT2D eigenvalue weighted by Crippen LogP contribution is -2.49. The number of aryl methyl sites for hydroxylation is 1. The Morgan fingerprint density at radius 2 is 1.45 bits per heavy atom. The molecule has 2 heteroatoms. The summed E-state index contributed by atoms with van der Waals surface area (Å²) in [4.78, 5) is 4.84. The molecule has 0 unspecified atom stereocenters. The Morgan fingerprint density at radius 1 is 0.848 bits per heavy atom. The molecule has 2 atom stereocenters. The summed E-state index contributed by atoms with van der Waals surface area (Å²) in [6.45, 7) is 6.28. The van der Waals surface area contributed by atoms with E-state index in [0.29, 0.717) is 0 Å². The molecular weight excluding hydrogens is 400 g/mol. The minimum atomic E-state index is -0.404. The van der Waals surface area contributed by atoms with Crippen LogP contribution in [0.1, 0.15) is 46.7 Å². The second kappa shape index (κ2) is 8.80. The minimum absolute atomic E-state index is 0.213. The number of hydrogen-bond acceptors (Lipinski definition) is 2. The van der Waals surface area contributed by atoms with Crippen LogP contribution >= 0.6 is 0 Å². The van der Waals surface area contributed by atoms with Crippen LogP contribution in [0.3, 0.4) is 0 Å². The molecule has 0 amide bonds. The van der Waals surface area contributed by atoms with Gasteiger partial charge in [-0.25, -0.2) is 0 Å². The maximum Gasteiger partial charge on any atom is 0.0768 e. The number of nitrogens with one attached hydrogen (secondary N) is 1. The van der Waals surface area contributed by atoms with Crippen LogP contribution < -0.4 is 5.32 Å². The fraction of sp³-hybridized carbons (Fsp3) is 0.194. The summed E-state index contributed by atoms with van der Waals surface area (Å²) in [5.74, 6) is 0.213. The zero-order valence-corrected chi connectivity index (χ0v) is 19.1. The normalized spacial score (nSPS) is 21.5. The molecule has 3 aromatic carbocycles. The lowest BCUT2D eigenvalue weighted by molar-refractivity contribution is 0.323. The first-order valence-corrected chi connectivity index (χ1v) is 11.7. The highest BCUT2D eigenvalue weighted by atomic mass is 15.1. The van der Waals surface area contributed by atoms with Crippen LogP contribution in [0.25, 0.3) is 0 Å². The second-order valence-electron chi connectivity index (χ2n) is 9.12. The number of rotatable bonds is 6. The highest BCUT2D eigenvalue weighted by Crippen LogP contribution is 2.56. The Kier molecular flexibility index (Phi) is 5.70. The van der Waals surface area contributed by atoms with E-state index in [2.05, 4.69) is 116 Å².